The molecule has 0 fully saturated rings. The highest BCUT2D eigenvalue weighted by molar-refractivity contribution is 5.89. The molecule has 2 rings (SSSR count). The van der Waals surface area contributed by atoms with E-state index in [0.717, 1.165) is 0 Å². The molecule has 0 aromatic heterocycles. The van der Waals surface area contributed by atoms with Crippen molar-refractivity contribution in [1.29, 1.82) is 0 Å². The number of para-hydroxylation sites is 1. The number of nitrogens with one attached hydrogen (secondary N) is 1. The summed E-state index contributed by atoms with van der Waals surface area (Å²) in [6.07, 6.45) is 1.21. The molecular formula is C13H10N2O5. The van der Waals surface area contributed by atoms with E-state index < -0.39 is 16.8 Å². The second-order valence-corrected chi connectivity index (χ2v) is 4.20. The van der Waals surface area contributed by atoms with Gasteiger partial charge in [0.15, 0.2) is 0 Å². The molecule has 0 bridgehead atoms. The van der Waals surface area contributed by atoms with Gasteiger partial charge in [0.05, 0.1) is 10.5 Å². The van der Waals surface area contributed by atoms with Gasteiger partial charge in [-0.25, -0.2) is 9.59 Å². The maximum absolute atomic E-state index is 11.2. The Morgan fingerprint density at radius 2 is 2.15 bits per heavy atom. The number of hydrogen-bond acceptors (Lipinski definition) is 5. The number of hydrogen-bond donors (Lipinski definition) is 2. The van der Waals surface area contributed by atoms with Crippen LogP contribution in [0.4, 0.5) is 5.69 Å². The van der Waals surface area contributed by atoms with Gasteiger partial charge in [-0.15, -0.1) is 0 Å². The Morgan fingerprint density at radius 1 is 1.45 bits per heavy atom. The minimum atomic E-state index is -1.19. The average Bonchev–Trinajstić information content (AvgIpc) is 2.46. The molecule has 102 valence electrons. The average molecular weight is 274 g/mol. The molecule has 20 heavy (non-hydrogen) atoms. The number of rotatable bonds is 3. The van der Waals surface area contributed by atoms with Crippen LogP contribution < -0.4 is 5.32 Å². The number of benzene rings is 1. The zero-order valence-corrected chi connectivity index (χ0v) is 10.2. The molecular weight excluding hydrogens is 264 g/mol. The van der Waals surface area contributed by atoms with Gasteiger partial charge in [-0.2, -0.15) is 0 Å². The molecule has 0 aliphatic carbocycles. The van der Waals surface area contributed by atoms with Gasteiger partial charge in [0, 0.05) is 30.2 Å². The van der Waals surface area contributed by atoms with Crippen LogP contribution in [0.25, 0.3) is 0 Å². The Bertz CT molecular complexity index is 658. The Morgan fingerprint density at radius 3 is 2.75 bits per heavy atom. The van der Waals surface area contributed by atoms with Gasteiger partial charge in [0.2, 0.25) is 0 Å². The number of carbonyl (C=O) groups is 1. The third kappa shape index (κ3) is 2.43. The van der Waals surface area contributed by atoms with Crippen LogP contribution in [0.2, 0.25) is 0 Å². The van der Waals surface area contributed by atoms with Gasteiger partial charge >= 0.3 is 5.97 Å². The lowest BCUT2D eigenvalue weighted by molar-refractivity contribution is -0.385. The van der Waals surface area contributed by atoms with Crippen molar-refractivity contribution in [2.75, 3.05) is 0 Å². The summed E-state index contributed by atoms with van der Waals surface area (Å²) in [5, 5.41) is 22.7. The molecule has 0 radical (unpaired) electrons. The molecule has 0 spiro atoms. The summed E-state index contributed by atoms with van der Waals surface area (Å²) in [6.45, 7) is 0. The topological polar surface area (TPSA) is 110 Å². The SMILES string of the molecule is O=C=C1CC(c2ccccc2[N+](=O)[O-])C(C(=O)O)=CN1. The highest BCUT2D eigenvalue weighted by atomic mass is 16.6. The van der Waals surface area contributed by atoms with Crippen molar-refractivity contribution in [3.63, 3.8) is 0 Å². The van der Waals surface area contributed by atoms with Crippen molar-refractivity contribution in [1.82, 2.24) is 5.32 Å². The van der Waals surface area contributed by atoms with Crippen LogP contribution in [0.5, 0.6) is 0 Å². The van der Waals surface area contributed by atoms with Crippen LogP contribution in [0.15, 0.2) is 41.7 Å². The van der Waals surface area contributed by atoms with Gasteiger partial charge in [0.1, 0.15) is 11.6 Å². The van der Waals surface area contributed by atoms with Crippen LogP contribution in [0.3, 0.4) is 0 Å². The van der Waals surface area contributed by atoms with E-state index in [1.165, 1.54) is 24.4 Å². The summed E-state index contributed by atoms with van der Waals surface area (Å²) in [5.41, 5.74) is 0.230. The molecule has 0 saturated carbocycles. The lowest BCUT2D eigenvalue weighted by Gasteiger charge is -2.23. The van der Waals surface area contributed by atoms with Crippen molar-refractivity contribution in [2.45, 2.75) is 12.3 Å². The third-order valence-corrected chi connectivity index (χ3v) is 3.06. The fraction of sp³-hybridized carbons (Fsp3) is 0.154. The van der Waals surface area contributed by atoms with E-state index in [1.807, 2.05) is 0 Å². The van der Waals surface area contributed by atoms with Crippen molar-refractivity contribution >= 4 is 17.6 Å². The molecule has 1 aliphatic heterocycles. The van der Waals surface area contributed by atoms with Crippen LogP contribution in [-0.4, -0.2) is 21.9 Å². The first-order valence-corrected chi connectivity index (χ1v) is 5.71. The van der Waals surface area contributed by atoms with Crippen LogP contribution >= 0.6 is 0 Å². The summed E-state index contributed by atoms with van der Waals surface area (Å²) >= 11 is 0. The van der Waals surface area contributed by atoms with E-state index in [2.05, 4.69) is 5.32 Å². The zero-order chi connectivity index (χ0) is 14.7. The molecule has 0 saturated heterocycles. The van der Waals surface area contributed by atoms with E-state index in [0.29, 0.717) is 0 Å². The van der Waals surface area contributed by atoms with Crippen molar-refractivity contribution in [2.24, 2.45) is 0 Å². The summed E-state index contributed by atoms with van der Waals surface area (Å²) in [6, 6.07) is 5.89. The normalized spacial score (nSPS) is 17.7. The van der Waals surface area contributed by atoms with Crippen LogP contribution in [0, 0.1) is 10.1 Å². The fourth-order valence-electron chi connectivity index (χ4n) is 2.15. The summed E-state index contributed by atoms with van der Waals surface area (Å²) in [7, 11) is 0. The van der Waals surface area contributed by atoms with Gasteiger partial charge in [-0.3, -0.25) is 10.1 Å². The van der Waals surface area contributed by atoms with Gasteiger partial charge < -0.3 is 10.4 Å². The van der Waals surface area contributed by atoms with E-state index in [-0.39, 0.29) is 28.9 Å². The fourth-order valence-corrected chi connectivity index (χ4v) is 2.15. The first-order chi connectivity index (χ1) is 9.54. The molecule has 1 aromatic rings. The van der Waals surface area contributed by atoms with Crippen molar-refractivity contribution < 1.29 is 19.6 Å². The number of nitrogens with zero attached hydrogens (tertiary/aromatic N) is 1. The molecule has 2 N–H and O–H groups in total. The van der Waals surface area contributed by atoms with Crippen molar-refractivity contribution in [3.05, 3.63) is 57.4 Å². The third-order valence-electron chi connectivity index (χ3n) is 3.06. The van der Waals surface area contributed by atoms with Gasteiger partial charge in [0.25, 0.3) is 5.69 Å². The van der Waals surface area contributed by atoms with Crippen LogP contribution in [0.1, 0.15) is 17.9 Å². The molecule has 7 heteroatoms. The highest BCUT2D eigenvalue weighted by Gasteiger charge is 2.31. The zero-order valence-electron chi connectivity index (χ0n) is 10.2. The minimum Gasteiger partial charge on any atom is -0.478 e. The van der Waals surface area contributed by atoms with E-state index in [4.69, 9.17) is 0 Å². The Balaban J connectivity index is 2.56. The number of aliphatic carboxylic acids is 1. The number of carbonyl (C=O) groups excluding carboxylic acids is 1. The first kappa shape index (κ1) is 13.5. The summed E-state index contributed by atoms with van der Waals surface area (Å²) in [4.78, 5) is 32.4. The summed E-state index contributed by atoms with van der Waals surface area (Å²) in [5.74, 6) is -0.287. The number of nitro benzene ring substituents is 1. The van der Waals surface area contributed by atoms with Gasteiger partial charge in [-0.1, -0.05) is 18.2 Å². The highest BCUT2D eigenvalue weighted by Crippen LogP contribution is 2.37. The lowest BCUT2D eigenvalue weighted by Crippen LogP contribution is -2.24. The van der Waals surface area contributed by atoms with Crippen molar-refractivity contribution in [3.8, 4) is 0 Å². The molecule has 1 unspecified atom stereocenters. The Kier molecular flexibility index (Phi) is 3.63. The standard InChI is InChI=1S/C13H10N2O5/c16-7-8-5-10(11(6-14-8)13(17)18)9-3-1-2-4-12(9)15(19)20/h1-4,6,10,14H,5H2,(H,17,18). The number of carboxylic acid groups (broad SMARTS) is 1. The molecule has 1 heterocycles. The maximum atomic E-state index is 11.2. The molecule has 1 aromatic carbocycles. The molecule has 1 atom stereocenters. The van der Waals surface area contributed by atoms with Crippen LogP contribution in [-0.2, 0) is 9.59 Å². The smallest absolute Gasteiger partial charge is 0.333 e. The largest absolute Gasteiger partial charge is 0.478 e. The molecule has 0 amide bonds. The summed E-state index contributed by atoms with van der Waals surface area (Å²) < 4.78 is 0. The minimum absolute atomic E-state index is 0.0294. The second kappa shape index (κ2) is 5.38. The first-order valence-electron chi connectivity index (χ1n) is 5.71. The second-order valence-electron chi connectivity index (χ2n) is 4.20. The predicted molar refractivity (Wildman–Crippen MR) is 68.5 cm³/mol. The Labute approximate surface area is 113 Å². The monoisotopic (exact) mass is 274 g/mol. The Hall–Kier alpha value is -2.92. The van der Waals surface area contributed by atoms with E-state index in [9.17, 15) is 24.8 Å². The lowest BCUT2D eigenvalue weighted by atomic mass is 9.85. The molecule has 1 aliphatic rings. The number of allylic oxidation sites excluding steroid dienone is 1. The van der Waals surface area contributed by atoms with E-state index in [1.54, 1.807) is 12.0 Å². The predicted octanol–water partition coefficient (Wildman–Crippen LogP) is 1.36. The van der Waals surface area contributed by atoms with Gasteiger partial charge in [-0.05, 0) is 0 Å². The molecule has 7 nitrogen and oxygen atoms in total. The number of nitro groups is 1. The maximum Gasteiger partial charge on any atom is 0.333 e. The number of carboxylic acids is 1. The quantitative estimate of drug-likeness (QED) is 0.489. The van der Waals surface area contributed by atoms with E-state index >= 15 is 0 Å².